The summed E-state index contributed by atoms with van der Waals surface area (Å²) in [5.41, 5.74) is 9.03. The van der Waals surface area contributed by atoms with Crippen molar-refractivity contribution in [3.05, 3.63) is 30.6 Å². The predicted octanol–water partition coefficient (Wildman–Crippen LogP) is 1.71. The van der Waals surface area contributed by atoms with Crippen LogP contribution < -0.4 is 11.1 Å². The van der Waals surface area contributed by atoms with Crippen LogP contribution in [0, 0.1) is 23.2 Å². The minimum absolute atomic E-state index is 0.193. The van der Waals surface area contributed by atoms with Crippen molar-refractivity contribution in [2.75, 3.05) is 11.1 Å². The lowest BCUT2D eigenvalue weighted by atomic mass is 10.1. The van der Waals surface area contributed by atoms with E-state index in [0.29, 0.717) is 23.4 Å². The van der Waals surface area contributed by atoms with Crippen LogP contribution in [0.15, 0.2) is 30.6 Å². The van der Waals surface area contributed by atoms with Crippen LogP contribution in [0.1, 0.15) is 6.42 Å². The quantitative estimate of drug-likeness (QED) is 0.703. The molecular formula is C17H15N7O. The van der Waals surface area contributed by atoms with Gasteiger partial charge in [0.2, 0.25) is 5.91 Å². The van der Waals surface area contributed by atoms with E-state index in [-0.39, 0.29) is 17.7 Å². The van der Waals surface area contributed by atoms with E-state index in [1.54, 1.807) is 16.9 Å². The Morgan fingerprint density at radius 2 is 2.20 bits per heavy atom. The SMILES string of the molecule is Cn1cc(-c2cc(N)c3nnc(NC(=O)C4CC4C#N)cc3c2)cn1. The zero-order valence-corrected chi connectivity index (χ0v) is 13.5. The molecule has 2 aromatic heterocycles. The molecule has 0 spiro atoms. The number of nitrogens with two attached hydrogens (primary N) is 1. The average molecular weight is 333 g/mol. The summed E-state index contributed by atoms with van der Waals surface area (Å²) in [6.07, 6.45) is 4.25. The van der Waals surface area contributed by atoms with Crippen LogP contribution in [-0.4, -0.2) is 25.9 Å². The molecule has 3 N–H and O–H groups in total. The highest BCUT2D eigenvalue weighted by molar-refractivity contribution is 5.98. The first-order valence-electron chi connectivity index (χ1n) is 7.81. The van der Waals surface area contributed by atoms with Gasteiger partial charge >= 0.3 is 0 Å². The molecule has 0 saturated heterocycles. The minimum atomic E-state index is -0.255. The number of nitrogen functional groups attached to an aromatic ring is 1. The van der Waals surface area contributed by atoms with Crippen LogP contribution >= 0.6 is 0 Å². The number of hydrogen-bond donors (Lipinski definition) is 2. The van der Waals surface area contributed by atoms with Gasteiger partial charge in [0.05, 0.1) is 29.8 Å². The Morgan fingerprint density at radius 1 is 1.36 bits per heavy atom. The predicted molar refractivity (Wildman–Crippen MR) is 92.0 cm³/mol. The lowest BCUT2D eigenvalue weighted by molar-refractivity contribution is -0.117. The Balaban J connectivity index is 1.67. The Bertz CT molecular complexity index is 1030. The van der Waals surface area contributed by atoms with E-state index >= 15 is 0 Å². The molecule has 124 valence electrons. The fraction of sp³-hybridized carbons (Fsp3) is 0.235. The summed E-state index contributed by atoms with van der Waals surface area (Å²) in [4.78, 5) is 12.1. The fourth-order valence-corrected chi connectivity index (χ4v) is 2.83. The van der Waals surface area contributed by atoms with E-state index < -0.39 is 0 Å². The third kappa shape index (κ3) is 2.76. The van der Waals surface area contributed by atoms with E-state index in [0.717, 1.165) is 16.5 Å². The number of aromatic nitrogens is 4. The van der Waals surface area contributed by atoms with Gasteiger partial charge in [-0.2, -0.15) is 10.4 Å². The molecule has 0 aliphatic heterocycles. The molecule has 25 heavy (non-hydrogen) atoms. The normalized spacial score (nSPS) is 18.7. The van der Waals surface area contributed by atoms with Crippen molar-refractivity contribution in [1.29, 1.82) is 5.26 Å². The summed E-state index contributed by atoms with van der Waals surface area (Å²) >= 11 is 0. The summed E-state index contributed by atoms with van der Waals surface area (Å²) in [6.45, 7) is 0. The van der Waals surface area contributed by atoms with Gasteiger partial charge in [0, 0.05) is 24.2 Å². The molecule has 1 aliphatic rings. The van der Waals surface area contributed by atoms with Crippen molar-refractivity contribution < 1.29 is 4.79 Å². The van der Waals surface area contributed by atoms with Gasteiger partial charge in [-0.05, 0) is 30.2 Å². The van der Waals surface area contributed by atoms with Gasteiger partial charge < -0.3 is 11.1 Å². The lowest BCUT2D eigenvalue weighted by Gasteiger charge is -2.07. The second-order valence-electron chi connectivity index (χ2n) is 6.20. The highest BCUT2D eigenvalue weighted by Crippen LogP contribution is 2.38. The maximum absolute atomic E-state index is 12.1. The zero-order chi connectivity index (χ0) is 17.6. The third-order valence-electron chi connectivity index (χ3n) is 4.30. The summed E-state index contributed by atoms with van der Waals surface area (Å²) in [5, 5.41) is 24.6. The largest absolute Gasteiger partial charge is 0.397 e. The number of fused-ring (bicyclic) bond motifs is 1. The van der Waals surface area contributed by atoms with Crippen LogP contribution in [0.25, 0.3) is 22.0 Å². The molecule has 1 amide bonds. The Hall–Kier alpha value is -3.47. The van der Waals surface area contributed by atoms with Gasteiger partial charge in [-0.15, -0.1) is 10.2 Å². The van der Waals surface area contributed by atoms with Crippen LogP contribution in [0.2, 0.25) is 0 Å². The van der Waals surface area contributed by atoms with Gasteiger partial charge in [-0.1, -0.05) is 0 Å². The number of nitriles is 1. The molecule has 0 bridgehead atoms. The number of amides is 1. The molecule has 2 heterocycles. The summed E-state index contributed by atoms with van der Waals surface area (Å²) in [5.74, 6) is -0.295. The van der Waals surface area contributed by atoms with Crippen LogP contribution in [-0.2, 0) is 11.8 Å². The van der Waals surface area contributed by atoms with Crippen LogP contribution in [0.5, 0.6) is 0 Å². The zero-order valence-electron chi connectivity index (χ0n) is 13.5. The molecular weight excluding hydrogens is 318 g/mol. The topological polar surface area (TPSA) is 123 Å². The number of carbonyl (C=O) groups is 1. The van der Waals surface area contributed by atoms with Gasteiger partial charge in [0.15, 0.2) is 5.82 Å². The van der Waals surface area contributed by atoms with Crippen molar-refractivity contribution in [3.63, 3.8) is 0 Å². The first-order valence-corrected chi connectivity index (χ1v) is 7.81. The van der Waals surface area contributed by atoms with Gasteiger partial charge in [0.25, 0.3) is 0 Å². The highest BCUT2D eigenvalue weighted by Gasteiger charge is 2.43. The molecule has 1 saturated carbocycles. The minimum Gasteiger partial charge on any atom is -0.397 e. The van der Waals surface area contributed by atoms with Gasteiger partial charge in [0.1, 0.15) is 5.52 Å². The standard InChI is InChI=1S/C17H15N7O/c1-24-8-12(7-20-24)9-2-10-5-15(22-23-16(10)14(19)4-9)21-17(25)13-3-11(13)6-18/h2,4-5,7-8,11,13H,3,19H2,1H3,(H,21,22,25). The number of aryl methyl sites for hydroxylation is 1. The third-order valence-corrected chi connectivity index (χ3v) is 4.30. The summed E-state index contributed by atoms with van der Waals surface area (Å²) < 4.78 is 1.72. The van der Waals surface area contributed by atoms with Crippen molar-refractivity contribution in [1.82, 2.24) is 20.0 Å². The molecule has 8 nitrogen and oxygen atoms in total. The molecule has 1 fully saturated rings. The number of benzene rings is 1. The van der Waals surface area contributed by atoms with Gasteiger partial charge in [-0.3, -0.25) is 9.48 Å². The Morgan fingerprint density at radius 3 is 2.88 bits per heavy atom. The molecule has 4 rings (SSSR count). The van der Waals surface area contributed by atoms with E-state index in [1.807, 2.05) is 25.4 Å². The van der Waals surface area contributed by atoms with Crippen molar-refractivity contribution in [3.8, 4) is 17.2 Å². The number of nitrogens with zero attached hydrogens (tertiary/aromatic N) is 5. The lowest BCUT2D eigenvalue weighted by Crippen LogP contribution is -2.16. The first-order chi connectivity index (χ1) is 12.0. The highest BCUT2D eigenvalue weighted by atomic mass is 16.2. The van der Waals surface area contributed by atoms with Crippen molar-refractivity contribution in [2.24, 2.45) is 18.9 Å². The molecule has 0 radical (unpaired) electrons. The molecule has 2 atom stereocenters. The molecule has 1 aromatic carbocycles. The van der Waals surface area contributed by atoms with Crippen molar-refractivity contribution in [2.45, 2.75) is 6.42 Å². The molecule has 2 unspecified atom stereocenters. The summed E-state index contributed by atoms with van der Waals surface area (Å²) in [6, 6.07) is 7.60. The van der Waals surface area contributed by atoms with Crippen LogP contribution in [0.3, 0.4) is 0 Å². The van der Waals surface area contributed by atoms with Crippen LogP contribution in [0.4, 0.5) is 11.5 Å². The summed E-state index contributed by atoms with van der Waals surface area (Å²) in [7, 11) is 1.85. The number of carbonyl (C=O) groups excluding carboxylic acids is 1. The fourth-order valence-electron chi connectivity index (χ4n) is 2.83. The number of nitrogens with one attached hydrogen (secondary N) is 1. The van der Waals surface area contributed by atoms with E-state index in [4.69, 9.17) is 11.0 Å². The number of anilines is 2. The van der Waals surface area contributed by atoms with E-state index in [2.05, 4.69) is 26.7 Å². The second kappa shape index (κ2) is 5.56. The smallest absolute Gasteiger partial charge is 0.230 e. The molecule has 3 aromatic rings. The second-order valence-corrected chi connectivity index (χ2v) is 6.20. The van der Waals surface area contributed by atoms with Gasteiger partial charge in [-0.25, -0.2) is 0 Å². The average Bonchev–Trinajstić information content (AvgIpc) is 3.27. The van der Waals surface area contributed by atoms with E-state index in [1.165, 1.54) is 0 Å². The Labute approximate surface area is 143 Å². The Kier molecular flexibility index (Phi) is 3.35. The molecule has 8 heteroatoms. The van der Waals surface area contributed by atoms with Crippen molar-refractivity contribution >= 4 is 28.3 Å². The molecule has 1 aliphatic carbocycles. The number of rotatable bonds is 3. The first kappa shape index (κ1) is 15.1. The van der Waals surface area contributed by atoms with E-state index in [9.17, 15) is 4.79 Å². The number of hydrogen-bond acceptors (Lipinski definition) is 6. The maximum atomic E-state index is 12.1. The monoisotopic (exact) mass is 333 g/mol. The maximum Gasteiger partial charge on any atom is 0.230 e.